The molecule has 0 radical (unpaired) electrons. The number of fused-ring (bicyclic) bond motifs is 2. The standard InChI is InChI=1S/C26H21N5O2S/c1-16-8-9-18-6-4-12-27-22(18)25(16)34-31-20-7-3-2-5-17(20)10-11-19-15-30-24(26(32)33)23-21(19)28-13-14-29-23/h2-9,12,15,28-29,31H,13-14H2,1H3,(H,32,33). The number of anilines is 3. The maximum Gasteiger partial charge on any atom is 0.356 e. The number of pyridine rings is 2. The van der Waals surface area contributed by atoms with Crippen molar-refractivity contribution in [3.8, 4) is 11.8 Å². The van der Waals surface area contributed by atoms with Crippen LogP contribution >= 0.6 is 11.9 Å². The van der Waals surface area contributed by atoms with Crippen LogP contribution in [0.3, 0.4) is 0 Å². The third kappa shape index (κ3) is 4.21. The number of carbonyl (C=O) groups is 1. The molecule has 0 bridgehead atoms. The number of carboxylic acids is 1. The van der Waals surface area contributed by atoms with Crippen LogP contribution in [0.15, 0.2) is 65.8 Å². The van der Waals surface area contributed by atoms with Crippen LogP contribution in [-0.2, 0) is 0 Å². The third-order valence-corrected chi connectivity index (χ3v) is 6.50. The molecule has 0 saturated carbocycles. The molecule has 0 fully saturated rings. The SMILES string of the molecule is Cc1ccc2cccnc2c1SNc1ccccc1C#Cc1cnc(C(=O)O)c2c1NCCN2. The second kappa shape index (κ2) is 9.33. The summed E-state index contributed by atoms with van der Waals surface area (Å²) in [5.41, 5.74) is 5.58. The molecule has 4 N–H and O–H groups in total. The fraction of sp³-hybridized carbons (Fsp3) is 0.115. The highest BCUT2D eigenvalue weighted by atomic mass is 32.2. The lowest BCUT2D eigenvalue weighted by Gasteiger charge is -2.22. The molecular weight excluding hydrogens is 446 g/mol. The zero-order valence-corrected chi connectivity index (χ0v) is 19.2. The number of hydrogen-bond donors (Lipinski definition) is 4. The molecule has 2 aromatic heterocycles. The molecule has 2 aromatic carbocycles. The van der Waals surface area contributed by atoms with Crippen molar-refractivity contribution < 1.29 is 9.90 Å². The molecule has 0 atom stereocenters. The van der Waals surface area contributed by atoms with E-state index in [9.17, 15) is 9.90 Å². The minimum Gasteiger partial charge on any atom is -0.476 e. The van der Waals surface area contributed by atoms with E-state index in [2.05, 4.69) is 62.3 Å². The topological polar surface area (TPSA) is 99.2 Å². The summed E-state index contributed by atoms with van der Waals surface area (Å²) < 4.78 is 3.44. The summed E-state index contributed by atoms with van der Waals surface area (Å²) in [6.45, 7) is 3.37. The van der Waals surface area contributed by atoms with Gasteiger partial charge < -0.3 is 20.5 Å². The van der Waals surface area contributed by atoms with Crippen molar-refractivity contribution in [1.29, 1.82) is 0 Å². The zero-order chi connectivity index (χ0) is 23.5. The first-order valence-corrected chi connectivity index (χ1v) is 11.6. The van der Waals surface area contributed by atoms with Gasteiger partial charge >= 0.3 is 5.97 Å². The van der Waals surface area contributed by atoms with Crippen molar-refractivity contribution in [2.45, 2.75) is 11.8 Å². The minimum atomic E-state index is -1.07. The highest BCUT2D eigenvalue weighted by Gasteiger charge is 2.21. The van der Waals surface area contributed by atoms with Crippen molar-refractivity contribution in [3.05, 3.63) is 83.3 Å². The van der Waals surface area contributed by atoms with Gasteiger partial charge in [0.25, 0.3) is 0 Å². The number of hydrogen-bond acceptors (Lipinski definition) is 7. The number of aryl methyl sites for hydroxylation is 1. The highest BCUT2D eigenvalue weighted by Crippen LogP contribution is 2.32. The van der Waals surface area contributed by atoms with Gasteiger partial charge in [0.1, 0.15) is 0 Å². The fourth-order valence-corrected chi connectivity index (χ4v) is 4.66. The van der Waals surface area contributed by atoms with Crippen LogP contribution in [-0.4, -0.2) is 34.1 Å². The van der Waals surface area contributed by atoms with Gasteiger partial charge in [0.05, 0.1) is 33.0 Å². The lowest BCUT2D eigenvalue weighted by molar-refractivity contribution is 0.0691. The zero-order valence-electron chi connectivity index (χ0n) is 18.3. The van der Waals surface area contributed by atoms with Crippen LogP contribution in [0.1, 0.15) is 27.2 Å². The van der Waals surface area contributed by atoms with E-state index in [0.29, 0.717) is 30.0 Å². The summed E-state index contributed by atoms with van der Waals surface area (Å²) in [4.78, 5) is 21.3. The molecule has 1 aliphatic rings. The first-order valence-electron chi connectivity index (χ1n) is 10.7. The van der Waals surface area contributed by atoms with Crippen LogP contribution in [0.4, 0.5) is 17.1 Å². The molecule has 168 valence electrons. The fourth-order valence-electron chi connectivity index (χ4n) is 3.77. The minimum absolute atomic E-state index is 0.00900. The Morgan fingerprint density at radius 2 is 1.79 bits per heavy atom. The van der Waals surface area contributed by atoms with E-state index in [0.717, 1.165) is 32.6 Å². The van der Waals surface area contributed by atoms with Crippen LogP contribution in [0.25, 0.3) is 10.9 Å². The number of rotatable bonds is 4. The summed E-state index contributed by atoms with van der Waals surface area (Å²) in [5.74, 6) is 5.31. The molecule has 0 amide bonds. The van der Waals surface area contributed by atoms with Crippen LogP contribution in [0.5, 0.6) is 0 Å². The Labute approximate surface area is 201 Å². The van der Waals surface area contributed by atoms with E-state index >= 15 is 0 Å². The first-order chi connectivity index (χ1) is 16.6. The average Bonchev–Trinajstić information content (AvgIpc) is 2.87. The third-order valence-electron chi connectivity index (χ3n) is 5.46. The lowest BCUT2D eigenvalue weighted by Crippen LogP contribution is -2.24. The van der Waals surface area contributed by atoms with Crippen LogP contribution in [0.2, 0.25) is 0 Å². The van der Waals surface area contributed by atoms with Crippen molar-refractivity contribution in [3.63, 3.8) is 0 Å². The molecule has 1 aliphatic heterocycles. The number of aromatic carboxylic acids is 1. The second-order valence-corrected chi connectivity index (χ2v) is 8.53. The normalized spacial score (nSPS) is 12.0. The van der Waals surface area contributed by atoms with Crippen molar-refractivity contribution in [2.75, 3.05) is 28.4 Å². The lowest BCUT2D eigenvalue weighted by atomic mass is 10.1. The summed E-state index contributed by atoms with van der Waals surface area (Å²) in [6, 6.07) is 16.0. The smallest absolute Gasteiger partial charge is 0.356 e. The maximum absolute atomic E-state index is 11.5. The van der Waals surface area contributed by atoms with Crippen molar-refractivity contribution >= 4 is 45.9 Å². The Kier molecular flexibility index (Phi) is 5.93. The molecule has 7 nitrogen and oxygen atoms in total. The molecule has 0 aliphatic carbocycles. The Bertz CT molecular complexity index is 1480. The number of para-hydroxylation sites is 1. The number of benzene rings is 2. The molecule has 3 heterocycles. The number of aromatic nitrogens is 2. The van der Waals surface area contributed by atoms with Crippen LogP contribution < -0.4 is 15.4 Å². The molecule has 0 saturated heterocycles. The molecule has 34 heavy (non-hydrogen) atoms. The molecular formula is C26H21N5O2S. The molecule has 8 heteroatoms. The average molecular weight is 468 g/mol. The van der Waals surface area contributed by atoms with E-state index in [4.69, 9.17) is 0 Å². The van der Waals surface area contributed by atoms with Crippen LogP contribution in [0, 0.1) is 18.8 Å². The Morgan fingerprint density at radius 1 is 1.00 bits per heavy atom. The predicted octanol–water partition coefficient (Wildman–Crippen LogP) is 4.99. The summed E-state index contributed by atoms with van der Waals surface area (Å²) >= 11 is 1.51. The molecule has 4 aromatic rings. The molecule has 0 unspecified atom stereocenters. The monoisotopic (exact) mass is 467 g/mol. The van der Waals surface area contributed by atoms with Crippen molar-refractivity contribution in [1.82, 2.24) is 9.97 Å². The van der Waals surface area contributed by atoms with Gasteiger partial charge in [-0.15, -0.1) is 0 Å². The number of nitrogens with one attached hydrogen (secondary N) is 3. The molecule has 5 rings (SSSR count). The maximum atomic E-state index is 11.5. The van der Waals surface area contributed by atoms with E-state index in [-0.39, 0.29) is 5.69 Å². The van der Waals surface area contributed by atoms with E-state index in [1.807, 2.05) is 30.3 Å². The summed E-state index contributed by atoms with van der Waals surface area (Å²) in [6.07, 6.45) is 3.31. The number of carboxylic acid groups (broad SMARTS) is 1. The Morgan fingerprint density at radius 3 is 2.65 bits per heavy atom. The van der Waals surface area contributed by atoms with E-state index < -0.39 is 5.97 Å². The second-order valence-electron chi connectivity index (χ2n) is 7.72. The Hall–Kier alpha value is -4.22. The highest BCUT2D eigenvalue weighted by molar-refractivity contribution is 8.00. The van der Waals surface area contributed by atoms with E-state index in [1.165, 1.54) is 18.1 Å². The van der Waals surface area contributed by atoms with Gasteiger partial charge in [0.15, 0.2) is 5.69 Å². The summed E-state index contributed by atoms with van der Waals surface area (Å²) in [7, 11) is 0. The van der Waals surface area contributed by atoms with Gasteiger partial charge in [-0.2, -0.15) is 0 Å². The van der Waals surface area contributed by atoms with Crippen molar-refractivity contribution in [2.24, 2.45) is 0 Å². The summed E-state index contributed by atoms with van der Waals surface area (Å²) in [5, 5.41) is 16.9. The number of nitrogens with zero attached hydrogens (tertiary/aromatic N) is 2. The van der Waals surface area contributed by atoms with E-state index in [1.54, 1.807) is 6.20 Å². The first kappa shape index (κ1) is 21.6. The van der Waals surface area contributed by atoms with Gasteiger partial charge in [-0.25, -0.2) is 9.78 Å². The Balaban J connectivity index is 1.45. The van der Waals surface area contributed by atoms with Gasteiger partial charge in [0, 0.05) is 36.4 Å². The van der Waals surface area contributed by atoms with Gasteiger partial charge in [-0.05, 0) is 42.6 Å². The predicted molar refractivity (Wildman–Crippen MR) is 137 cm³/mol. The largest absolute Gasteiger partial charge is 0.476 e. The molecule has 0 spiro atoms. The van der Waals surface area contributed by atoms with Gasteiger partial charge in [-0.1, -0.05) is 42.2 Å². The quantitative estimate of drug-likeness (QED) is 0.246. The van der Waals surface area contributed by atoms with Gasteiger partial charge in [0.2, 0.25) is 0 Å². The van der Waals surface area contributed by atoms with Gasteiger partial charge in [-0.3, -0.25) is 4.98 Å².